The minimum Gasteiger partial charge on any atom is -0.501 e. The number of ether oxygens (including phenoxy) is 1. The summed E-state index contributed by atoms with van der Waals surface area (Å²) in [5, 5.41) is 9.16. The number of hydrogen-bond acceptors (Lipinski definition) is 2. The lowest BCUT2D eigenvalue weighted by Crippen LogP contribution is -2.14. The van der Waals surface area contributed by atoms with Gasteiger partial charge in [0.05, 0.1) is 7.11 Å². The molecule has 11 heavy (non-hydrogen) atoms. The summed E-state index contributed by atoms with van der Waals surface area (Å²) in [6.07, 6.45) is 1.62. The van der Waals surface area contributed by atoms with Gasteiger partial charge in [-0.05, 0) is 20.8 Å². The van der Waals surface area contributed by atoms with Gasteiger partial charge < -0.3 is 9.84 Å². The Balaban J connectivity index is 4.11. The van der Waals surface area contributed by atoms with Crippen LogP contribution in [0.25, 0.3) is 0 Å². The molecule has 0 aliphatic carbocycles. The molecule has 2 nitrogen and oxygen atoms in total. The van der Waals surface area contributed by atoms with Crippen LogP contribution in [0.3, 0.4) is 0 Å². The number of aliphatic hydroxyl groups is 1. The standard InChI is InChI=1S/C9H14O2/c1-8(11-4)6-5-7-9(2,3)10/h6,10H,1-4H3/b8-6+. The Morgan fingerprint density at radius 2 is 2.09 bits per heavy atom. The van der Waals surface area contributed by atoms with E-state index in [2.05, 4.69) is 11.8 Å². The van der Waals surface area contributed by atoms with Gasteiger partial charge in [0, 0.05) is 6.08 Å². The molecule has 0 amide bonds. The van der Waals surface area contributed by atoms with Crippen LogP contribution in [-0.4, -0.2) is 17.8 Å². The molecule has 0 aromatic heterocycles. The molecular weight excluding hydrogens is 140 g/mol. The Morgan fingerprint density at radius 3 is 2.45 bits per heavy atom. The second kappa shape index (κ2) is 4.05. The summed E-state index contributed by atoms with van der Waals surface area (Å²) >= 11 is 0. The van der Waals surface area contributed by atoms with E-state index in [9.17, 15) is 0 Å². The van der Waals surface area contributed by atoms with Gasteiger partial charge in [-0.15, -0.1) is 0 Å². The summed E-state index contributed by atoms with van der Waals surface area (Å²) in [5.41, 5.74) is -0.926. The smallest absolute Gasteiger partial charge is 0.120 e. The average molecular weight is 154 g/mol. The third kappa shape index (κ3) is 6.95. The minimum absolute atomic E-state index is 0.738. The normalized spacial score (nSPS) is 11.9. The second-order valence-electron chi connectivity index (χ2n) is 2.79. The van der Waals surface area contributed by atoms with E-state index in [4.69, 9.17) is 9.84 Å². The van der Waals surface area contributed by atoms with Crippen LogP contribution in [0.4, 0.5) is 0 Å². The number of methoxy groups -OCH3 is 1. The summed E-state index contributed by atoms with van der Waals surface area (Å²) in [7, 11) is 1.58. The summed E-state index contributed by atoms with van der Waals surface area (Å²) in [4.78, 5) is 0. The molecule has 0 saturated heterocycles. The molecule has 0 rings (SSSR count). The van der Waals surface area contributed by atoms with E-state index >= 15 is 0 Å². The van der Waals surface area contributed by atoms with Crippen LogP contribution in [0.1, 0.15) is 20.8 Å². The molecule has 0 heterocycles. The number of hydrogen-bond donors (Lipinski definition) is 1. The number of rotatable bonds is 1. The molecule has 0 aromatic carbocycles. The Labute approximate surface area is 67.9 Å². The Morgan fingerprint density at radius 1 is 1.55 bits per heavy atom. The van der Waals surface area contributed by atoms with Gasteiger partial charge >= 0.3 is 0 Å². The Hall–Kier alpha value is -0.940. The van der Waals surface area contributed by atoms with Gasteiger partial charge in [0.25, 0.3) is 0 Å². The third-order valence-corrected chi connectivity index (χ3v) is 0.975. The van der Waals surface area contributed by atoms with Crippen molar-refractivity contribution in [1.82, 2.24) is 0 Å². The SMILES string of the molecule is CO/C(C)=C/C#CC(C)(C)O. The van der Waals surface area contributed by atoms with Gasteiger partial charge in [0.15, 0.2) is 0 Å². The summed E-state index contributed by atoms with van der Waals surface area (Å²) < 4.78 is 4.84. The fourth-order valence-corrected chi connectivity index (χ4v) is 0.373. The highest BCUT2D eigenvalue weighted by Crippen LogP contribution is 1.97. The van der Waals surface area contributed by atoms with E-state index in [-0.39, 0.29) is 0 Å². The molecule has 0 aliphatic heterocycles. The van der Waals surface area contributed by atoms with E-state index in [0.717, 1.165) is 5.76 Å². The van der Waals surface area contributed by atoms with E-state index in [1.54, 1.807) is 34.0 Å². The van der Waals surface area contributed by atoms with E-state index in [1.807, 2.05) is 0 Å². The van der Waals surface area contributed by atoms with E-state index in [0.29, 0.717) is 0 Å². The molecule has 0 saturated carbocycles. The van der Waals surface area contributed by atoms with Crippen molar-refractivity contribution >= 4 is 0 Å². The highest BCUT2D eigenvalue weighted by Gasteiger charge is 2.04. The van der Waals surface area contributed by atoms with Crippen LogP contribution in [0.15, 0.2) is 11.8 Å². The van der Waals surface area contributed by atoms with Crippen LogP contribution in [0.2, 0.25) is 0 Å². The number of allylic oxidation sites excluding steroid dienone is 2. The highest BCUT2D eigenvalue weighted by molar-refractivity contribution is 5.21. The van der Waals surface area contributed by atoms with Crippen molar-refractivity contribution in [1.29, 1.82) is 0 Å². The topological polar surface area (TPSA) is 29.5 Å². The quantitative estimate of drug-likeness (QED) is 0.456. The molecule has 0 aliphatic rings. The van der Waals surface area contributed by atoms with E-state index < -0.39 is 5.60 Å². The second-order valence-corrected chi connectivity index (χ2v) is 2.79. The van der Waals surface area contributed by atoms with Crippen LogP contribution < -0.4 is 0 Å². The maximum absolute atomic E-state index is 9.16. The lowest BCUT2D eigenvalue weighted by atomic mass is 10.1. The fraction of sp³-hybridized carbons (Fsp3) is 0.556. The lowest BCUT2D eigenvalue weighted by molar-refractivity contribution is 0.143. The fourth-order valence-electron chi connectivity index (χ4n) is 0.373. The zero-order valence-electron chi connectivity index (χ0n) is 7.43. The van der Waals surface area contributed by atoms with Gasteiger partial charge in [-0.25, -0.2) is 0 Å². The summed E-state index contributed by atoms with van der Waals surface area (Å²) in [6, 6.07) is 0. The maximum Gasteiger partial charge on any atom is 0.120 e. The maximum atomic E-state index is 9.16. The minimum atomic E-state index is -0.926. The van der Waals surface area contributed by atoms with Crippen molar-refractivity contribution < 1.29 is 9.84 Å². The van der Waals surface area contributed by atoms with Crippen LogP contribution >= 0.6 is 0 Å². The third-order valence-electron chi connectivity index (χ3n) is 0.975. The predicted molar refractivity (Wildman–Crippen MR) is 44.8 cm³/mol. The predicted octanol–water partition coefficient (Wildman–Crippen LogP) is 1.31. The van der Waals surface area contributed by atoms with Gasteiger partial charge in [0.1, 0.15) is 11.4 Å². The molecule has 1 N–H and O–H groups in total. The molecule has 0 atom stereocenters. The molecular formula is C9H14O2. The highest BCUT2D eigenvalue weighted by atomic mass is 16.5. The van der Waals surface area contributed by atoms with Gasteiger partial charge in [-0.1, -0.05) is 11.8 Å². The average Bonchev–Trinajstić information content (AvgIpc) is 1.85. The first-order valence-corrected chi connectivity index (χ1v) is 3.41. The van der Waals surface area contributed by atoms with Gasteiger partial charge in [0.2, 0.25) is 0 Å². The molecule has 62 valence electrons. The molecule has 0 unspecified atom stereocenters. The van der Waals surface area contributed by atoms with Crippen molar-refractivity contribution in [3.63, 3.8) is 0 Å². The molecule has 0 fully saturated rings. The first kappa shape index (κ1) is 10.1. The lowest BCUT2D eigenvalue weighted by Gasteiger charge is -2.05. The van der Waals surface area contributed by atoms with Crippen molar-refractivity contribution in [2.75, 3.05) is 7.11 Å². The van der Waals surface area contributed by atoms with Gasteiger partial charge in [-0.2, -0.15) is 0 Å². The molecule has 0 radical (unpaired) electrons. The largest absolute Gasteiger partial charge is 0.501 e. The van der Waals surface area contributed by atoms with Crippen molar-refractivity contribution in [3.8, 4) is 11.8 Å². The zero-order chi connectivity index (χ0) is 8.91. The molecule has 2 heteroatoms. The Bertz CT molecular complexity index is 198. The first-order chi connectivity index (χ1) is 4.95. The van der Waals surface area contributed by atoms with Crippen molar-refractivity contribution in [2.45, 2.75) is 26.4 Å². The summed E-state index contributed by atoms with van der Waals surface area (Å²) in [5.74, 6) is 6.06. The Kier molecular flexibility index (Phi) is 3.70. The van der Waals surface area contributed by atoms with Crippen LogP contribution in [0, 0.1) is 11.8 Å². The molecule has 0 bridgehead atoms. The zero-order valence-corrected chi connectivity index (χ0v) is 7.43. The van der Waals surface area contributed by atoms with E-state index in [1.165, 1.54) is 0 Å². The van der Waals surface area contributed by atoms with Crippen LogP contribution in [-0.2, 0) is 4.74 Å². The van der Waals surface area contributed by atoms with Crippen molar-refractivity contribution in [2.24, 2.45) is 0 Å². The summed E-state index contributed by atoms with van der Waals surface area (Å²) in [6.45, 7) is 5.07. The molecule has 0 spiro atoms. The van der Waals surface area contributed by atoms with Crippen LogP contribution in [0.5, 0.6) is 0 Å². The first-order valence-electron chi connectivity index (χ1n) is 3.41. The van der Waals surface area contributed by atoms with Crippen molar-refractivity contribution in [3.05, 3.63) is 11.8 Å². The molecule has 0 aromatic rings. The monoisotopic (exact) mass is 154 g/mol. The van der Waals surface area contributed by atoms with Gasteiger partial charge in [-0.3, -0.25) is 0 Å².